The monoisotopic (exact) mass is 292 g/mol. The van der Waals surface area contributed by atoms with Gasteiger partial charge in [-0.25, -0.2) is 4.39 Å². The Morgan fingerprint density at radius 2 is 1.95 bits per heavy atom. The first-order valence-corrected chi connectivity index (χ1v) is 8.34. The van der Waals surface area contributed by atoms with Crippen LogP contribution < -0.4 is 5.73 Å². The number of nitrogens with two attached hydrogens (primary N) is 1. The van der Waals surface area contributed by atoms with E-state index in [4.69, 9.17) is 5.73 Å². The molecule has 0 bridgehead atoms. The Hall–Kier alpha value is -0.930. The highest BCUT2D eigenvalue weighted by Crippen LogP contribution is 2.26. The Kier molecular flexibility index (Phi) is 6.19. The highest BCUT2D eigenvalue weighted by atomic mass is 19.1. The number of hydrogen-bond acceptors (Lipinski definition) is 2. The number of likely N-dealkylation sites (tertiary alicyclic amines) is 1. The summed E-state index contributed by atoms with van der Waals surface area (Å²) in [4.78, 5) is 2.50. The van der Waals surface area contributed by atoms with Crippen molar-refractivity contribution in [2.24, 2.45) is 17.6 Å². The highest BCUT2D eigenvalue weighted by Gasteiger charge is 2.23. The van der Waals surface area contributed by atoms with Crippen molar-refractivity contribution >= 4 is 0 Å². The third kappa shape index (κ3) is 4.52. The molecular formula is C18H29FN2. The van der Waals surface area contributed by atoms with E-state index in [1.807, 2.05) is 12.1 Å². The third-order valence-electron chi connectivity index (χ3n) is 4.83. The minimum Gasteiger partial charge on any atom is -0.324 e. The van der Waals surface area contributed by atoms with E-state index in [-0.39, 0.29) is 17.8 Å². The summed E-state index contributed by atoms with van der Waals surface area (Å²) in [5.74, 6) is 0.991. The number of nitrogens with zero attached hydrogens (tertiary/aromatic N) is 1. The van der Waals surface area contributed by atoms with Gasteiger partial charge >= 0.3 is 0 Å². The van der Waals surface area contributed by atoms with Crippen LogP contribution in [0.4, 0.5) is 4.39 Å². The molecule has 1 heterocycles. The van der Waals surface area contributed by atoms with E-state index in [1.165, 1.54) is 44.8 Å². The molecule has 2 unspecified atom stereocenters. The normalized spacial score (nSPS) is 20.4. The summed E-state index contributed by atoms with van der Waals surface area (Å²) in [5, 5.41) is 0. The first-order chi connectivity index (χ1) is 10.1. The van der Waals surface area contributed by atoms with Gasteiger partial charge in [0.1, 0.15) is 5.82 Å². The predicted octanol–water partition coefficient (Wildman–Crippen LogP) is 3.97. The van der Waals surface area contributed by atoms with E-state index in [9.17, 15) is 4.39 Å². The Morgan fingerprint density at radius 3 is 2.57 bits per heavy atom. The van der Waals surface area contributed by atoms with Gasteiger partial charge in [-0.3, -0.25) is 0 Å². The summed E-state index contributed by atoms with van der Waals surface area (Å²) in [6.07, 6.45) is 5.25. The van der Waals surface area contributed by atoms with Crippen molar-refractivity contribution in [1.82, 2.24) is 4.90 Å². The van der Waals surface area contributed by atoms with Crippen molar-refractivity contribution in [2.75, 3.05) is 19.6 Å². The van der Waals surface area contributed by atoms with Crippen LogP contribution in [0.3, 0.4) is 0 Å². The van der Waals surface area contributed by atoms with Crippen molar-refractivity contribution < 1.29 is 4.39 Å². The molecule has 2 atom stereocenters. The van der Waals surface area contributed by atoms with Crippen LogP contribution in [0.25, 0.3) is 0 Å². The van der Waals surface area contributed by atoms with Gasteiger partial charge in [-0.2, -0.15) is 0 Å². The lowest BCUT2D eigenvalue weighted by atomic mass is 9.90. The van der Waals surface area contributed by atoms with Gasteiger partial charge in [0.25, 0.3) is 0 Å². The van der Waals surface area contributed by atoms with Crippen LogP contribution in [0.2, 0.25) is 0 Å². The van der Waals surface area contributed by atoms with Crippen LogP contribution in [-0.4, -0.2) is 24.5 Å². The molecule has 2 N–H and O–H groups in total. The van der Waals surface area contributed by atoms with Crippen molar-refractivity contribution in [1.29, 1.82) is 0 Å². The number of piperidine rings is 1. The molecule has 0 radical (unpaired) electrons. The molecule has 1 aliphatic rings. The first-order valence-electron chi connectivity index (χ1n) is 8.34. The van der Waals surface area contributed by atoms with Gasteiger partial charge in [-0.05, 0) is 43.8 Å². The molecule has 0 aromatic heterocycles. The molecule has 1 aromatic rings. The minimum atomic E-state index is -0.223. The standard InChI is InChI=1S/C18H29FN2/c1-3-6-15-9-11-21(12-10-15)13-14(2)18(20)16-7-4-5-8-17(16)19/h4-5,7-8,14-15,18H,3,6,9-13,20H2,1-2H3. The molecule has 3 heteroatoms. The third-order valence-corrected chi connectivity index (χ3v) is 4.83. The zero-order valence-corrected chi connectivity index (χ0v) is 13.4. The average Bonchev–Trinajstić information content (AvgIpc) is 2.49. The van der Waals surface area contributed by atoms with E-state index < -0.39 is 0 Å². The van der Waals surface area contributed by atoms with Crippen molar-refractivity contribution in [2.45, 2.75) is 45.6 Å². The van der Waals surface area contributed by atoms with Crippen LogP contribution in [0.1, 0.15) is 51.1 Å². The zero-order valence-electron chi connectivity index (χ0n) is 13.4. The molecule has 0 spiro atoms. The molecule has 118 valence electrons. The van der Waals surface area contributed by atoms with Gasteiger partial charge in [-0.15, -0.1) is 0 Å². The maximum absolute atomic E-state index is 13.8. The Balaban J connectivity index is 1.85. The summed E-state index contributed by atoms with van der Waals surface area (Å²) >= 11 is 0. The van der Waals surface area contributed by atoms with Crippen molar-refractivity contribution in [3.05, 3.63) is 35.6 Å². The zero-order chi connectivity index (χ0) is 15.2. The number of hydrogen-bond donors (Lipinski definition) is 1. The molecule has 21 heavy (non-hydrogen) atoms. The van der Waals surface area contributed by atoms with E-state index in [2.05, 4.69) is 18.7 Å². The van der Waals surface area contributed by atoms with Crippen molar-refractivity contribution in [3.8, 4) is 0 Å². The van der Waals surface area contributed by atoms with Crippen LogP contribution in [0.15, 0.2) is 24.3 Å². The van der Waals surface area contributed by atoms with Crippen molar-refractivity contribution in [3.63, 3.8) is 0 Å². The second kappa shape index (κ2) is 7.90. The van der Waals surface area contributed by atoms with Gasteiger partial charge in [0.2, 0.25) is 0 Å². The summed E-state index contributed by atoms with van der Waals surface area (Å²) < 4.78 is 13.8. The van der Waals surface area contributed by atoms with E-state index in [0.29, 0.717) is 5.56 Å². The van der Waals surface area contributed by atoms with Gasteiger partial charge in [0, 0.05) is 18.2 Å². The molecule has 0 aliphatic carbocycles. The van der Waals surface area contributed by atoms with Crippen LogP contribution in [-0.2, 0) is 0 Å². The molecule has 1 saturated heterocycles. The molecule has 0 amide bonds. The van der Waals surface area contributed by atoms with Crippen LogP contribution in [0, 0.1) is 17.7 Å². The molecule has 1 aromatic carbocycles. The molecule has 2 nitrogen and oxygen atoms in total. The van der Waals surface area contributed by atoms with E-state index in [1.54, 1.807) is 6.07 Å². The van der Waals surface area contributed by atoms with Gasteiger partial charge < -0.3 is 10.6 Å². The van der Waals surface area contributed by atoms with Gasteiger partial charge in [0.05, 0.1) is 0 Å². The SMILES string of the molecule is CCCC1CCN(CC(C)C(N)c2ccccc2F)CC1. The largest absolute Gasteiger partial charge is 0.324 e. The Morgan fingerprint density at radius 1 is 1.29 bits per heavy atom. The average molecular weight is 292 g/mol. The Labute approximate surface area is 128 Å². The predicted molar refractivity (Wildman–Crippen MR) is 86.6 cm³/mol. The van der Waals surface area contributed by atoms with Gasteiger partial charge in [-0.1, -0.05) is 44.9 Å². The molecule has 1 aliphatic heterocycles. The lowest BCUT2D eigenvalue weighted by Crippen LogP contribution is -2.39. The maximum Gasteiger partial charge on any atom is 0.127 e. The molecule has 0 saturated carbocycles. The second-order valence-electron chi connectivity index (χ2n) is 6.56. The number of halogens is 1. The minimum absolute atomic E-state index is 0.182. The smallest absolute Gasteiger partial charge is 0.127 e. The molecule has 2 rings (SSSR count). The molecule has 1 fully saturated rings. The van der Waals surface area contributed by atoms with Gasteiger partial charge in [0.15, 0.2) is 0 Å². The van der Waals surface area contributed by atoms with Crippen LogP contribution in [0.5, 0.6) is 0 Å². The quantitative estimate of drug-likeness (QED) is 0.859. The summed E-state index contributed by atoms with van der Waals surface area (Å²) in [7, 11) is 0. The molecular weight excluding hydrogens is 263 g/mol. The highest BCUT2D eigenvalue weighted by molar-refractivity contribution is 5.21. The topological polar surface area (TPSA) is 29.3 Å². The number of rotatable bonds is 6. The van der Waals surface area contributed by atoms with E-state index >= 15 is 0 Å². The fraction of sp³-hybridized carbons (Fsp3) is 0.667. The van der Waals surface area contributed by atoms with E-state index in [0.717, 1.165) is 12.5 Å². The lowest BCUT2D eigenvalue weighted by molar-refractivity contribution is 0.152. The fourth-order valence-electron chi connectivity index (χ4n) is 3.44. The first kappa shape index (κ1) is 16.4. The summed E-state index contributed by atoms with van der Waals surface area (Å²) in [5.41, 5.74) is 6.91. The maximum atomic E-state index is 13.8. The number of benzene rings is 1. The fourth-order valence-corrected chi connectivity index (χ4v) is 3.44. The van der Waals surface area contributed by atoms with Crippen LogP contribution >= 0.6 is 0 Å². The summed E-state index contributed by atoms with van der Waals surface area (Å²) in [6, 6.07) is 6.66. The second-order valence-corrected chi connectivity index (χ2v) is 6.56. The lowest BCUT2D eigenvalue weighted by Gasteiger charge is -2.35. The summed E-state index contributed by atoms with van der Waals surface area (Å²) in [6.45, 7) is 7.70. The Bertz CT molecular complexity index is 427.